The number of carbonyl (C=O) groups excluding carboxylic acids is 2. The molecule has 3 N–H and O–H groups in total. The summed E-state index contributed by atoms with van der Waals surface area (Å²) < 4.78 is 0. The smallest absolute Gasteiger partial charge is 0.251 e. The number of nitrogens with one attached hydrogen (secondary N) is 1. The van der Waals surface area contributed by atoms with E-state index in [-0.39, 0.29) is 17.7 Å². The van der Waals surface area contributed by atoms with Gasteiger partial charge in [-0.3, -0.25) is 9.59 Å². The Kier molecular flexibility index (Phi) is 7.26. The van der Waals surface area contributed by atoms with Crippen molar-refractivity contribution in [3.8, 4) is 0 Å². The normalized spacial score (nSPS) is 17.8. The number of amides is 2. The van der Waals surface area contributed by atoms with Crippen LogP contribution in [-0.4, -0.2) is 42.4 Å². The lowest BCUT2D eigenvalue weighted by Gasteiger charge is -2.35. The van der Waals surface area contributed by atoms with Gasteiger partial charge in [0.15, 0.2) is 0 Å². The second-order valence-electron chi connectivity index (χ2n) is 6.85. The van der Waals surface area contributed by atoms with Crippen molar-refractivity contribution in [3.63, 3.8) is 0 Å². The first kappa shape index (κ1) is 19.7. The van der Waals surface area contributed by atoms with Crippen LogP contribution in [0.4, 0.5) is 0 Å². The van der Waals surface area contributed by atoms with Crippen molar-refractivity contribution < 1.29 is 9.59 Å². The molecule has 0 aliphatic carbocycles. The van der Waals surface area contributed by atoms with Gasteiger partial charge in [-0.05, 0) is 55.5 Å². The van der Waals surface area contributed by atoms with Gasteiger partial charge in [0.2, 0.25) is 5.91 Å². The SMILES string of the molecule is CCC(C)C(NC(=O)c1ccc(Cl)cc1)C(=O)N1CCC(CN)CC1. The van der Waals surface area contributed by atoms with Gasteiger partial charge in [0.05, 0.1) is 0 Å². The molecular formula is C19H28ClN3O2. The molecule has 25 heavy (non-hydrogen) atoms. The number of nitrogens with zero attached hydrogens (tertiary/aromatic N) is 1. The Hall–Kier alpha value is -1.59. The molecule has 0 spiro atoms. The van der Waals surface area contributed by atoms with Crippen molar-refractivity contribution in [1.29, 1.82) is 0 Å². The van der Waals surface area contributed by atoms with Crippen LogP contribution in [0.2, 0.25) is 5.02 Å². The highest BCUT2D eigenvalue weighted by molar-refractivity contribution is 6.30. The van der Waals surface area contributed by atoms with Gasteiger partial charge in [0.1, 0.15) is 6.04 Å². The molecule has 1 heterocycles. The van der Waals surface area contributed by atoms with E-state index >= 15 is 0 Å². The second-order valence-corrected chi connectivity index (χ2v) is 7.28. The summed E-state index contributed by atoms with van der Waals surface area (Å²) in [5.74, 6) is 0.324. The average molecular weight is 366 g/mol. The lowest BCUT2D eigenvalue weighted by Crippen LogP contribution is -2.53. The summed E-state index contributed by atoms with van der Waals surface area (Å²) >= 11 is 5.87. The number of halogens is 1. The number of benzene rings is 1. The van der Waals surface area contributed by atoms with Gasteiger partial charge in [-0.1, -0.05) is 31.9 Å². The molecule has 2 atom stereocenters. The average Bonchev–Trinajstić information content (AvgIpc) is 2.65. The van der Waals surface area contributed by atoms with Gasteiger partial charge in [0, 0.05) is 23.7 Å². The van der Waals surface area contributed by atoms with Crippen LogP contribution < -0.4 is 11.1 Å². The van der Waals surface area contributed by atoms with Gasteiger partial charge >= 0.3 is 0 Å². The lowest BCUT2D eigenvalue weighted by molar-refractivity contribution is -0.135. The third-order valence-electron chi connectivity index (χ3n) is 5.13. The highest BCUT2D eigenvalue weighted by atomic mass is 35.5. The molecule has 0 radical (unpaired) electrons. The van der Waals surface area contributed by atoms with Gasteiger partial charge < -0.3 is 16.0 Å². The summed E-state index contributed by atoms with van der Waals surface area (Å²) in [6.07, 6.45) is 2.68. The van der Waals surface area contributed by atoms with Crippen LogP contribution >= 0.6 is 11.6 Å². The molecule has 0 aromatic heterocycles. The van der Waals surface area contributed by atoms with Crippen LogP contribution in [0.1, 0.15) is 43.5 Å². The van der Waals surface area contributed by atoms with E-state index in [1.807, 2.05) is 18.7 Å². The third-order valence-corrected chi connectivity index (χ3v) is 5.38. The molecule has 2 rings (SSSR count). The Labute approximate surface area is 154 Å². The van der Waals surface area contributed by atoms with Gasteiger partial charge in [-0.25, -0.2) is 0 Å². The first-order valence-corrected chi connectivity index (χ1v) is 9.39. The maximum Gasteiger partial charge on any atom is 0.251 e. The maximum atomic E-state index is 13.0. The van der Waals surface area contributed by atoms with E-state index in [0.29, 0.717) is 36.1 Å². The molecule has 1 aromatic rings. The van der Waals surface area contributed by atoms with Gasteiger partial charge in [-0.2, -0.15) is 0 Å². The summed E-state index contributed by atoms with van der Waals surface area (Å²) in [6, 6.07) is 6.18. The molecule has 1 fully saturated rings. The summed E-state index contributed by atoms with van der Waals surface area (Å²) in [6.45, 7) is 6.12. The zero-order chi connectivity index (χ0) is 18.4. The van der Waals surface area contributed by atoms with Crippen molar-refractivity contribution in [2.24, 2.45) is 17.6 Å². The largest absolute Gasteiger partial charge is 0.341 e. The van der Waals surface area contributed by atoms with Crippen molar-refractivity contribution in [2.75, 3.05) is 19.6 Å². The Bertz CT molecular complexity index is 583. The van der Waals surface area contributed by atoms with E-state index in [9.17, 15) is 9.59 Å². The number of hydrogen-bond acceptors (Lipinski definition) is 3. The minimum absolute atomic E-state index is 0.00661. The third kappa shape index (κ3) is 5.19. The predicted molar refractivity (Wildman–Crippen MR) is 101 cm³/mol. The molecule has 1 aliphatic rings. The van der Waals surface area contributed by atoms with E-state index < -0.39 is 6.04 Å². The molecule has 1 aliphatic heterocycles. The summed E-state index contributed by atoms with van der Waals surface area (Å²) in [7, 11) is 0. The van der Waals surface area contributed by atoms with E-state index in [1.165, 1.54) is 0 Å². The van der Waals surface area contributed by atoms with Crippen LogP contribution in [0.15, 0.2) is 24.3 Å². The number of hydrogen-bond donors (Lipinski definition) is 2. The molecule has 5 nitrogen and oxygen atoms in total. The number of likely N-dealkylation sites (tertiary alicyclic amines) is 1. The van der Waals surface area contributed by atoms with Crippen LogP contribution in [0, 0.1) is 11.8 Å². The van der Waals surface area contributed by atoms with Crippen molar-refractivity contribution >= 4 is 23.4 Å². The zero-order valence-electron chi connectivity index (χ0n) is 15.0. The van der Waals surface area contributed by atoms with Crippen molar-refractivity contribution in [3.05, 3.63) is 34.9 Å². The predicted octanol–water partition coefficient (Wildman–Crippen LogP) is 2.68. The van der Waals surface area contributed by atoms with Crippen LogP contribution in [0.25, 0.3) is 0 Å². The van der Waals surface area contributed by atoms with Gasteiger partial charge in [-0.15, -0.1) is 0 Å². The first-order valence-electron chi connectivity index (χ1n) is 9.01. The Balaban J connectivity index is 2.06. The maximum absolute atomic E-state index is 13.0. The fourth-order valence-electron chi connectivity index (χ4n) is 3.09. The monoisotopic (exact) mass is 365 g/mol. The van der Waals surface area contributed by atoms with Crippen molar-refractivity contribution in [2.45, 2.75) is 39.2 Å². The lowest BCUT2D eigenvalue weighted by atomic mass is 9.93. The Morgan fingerprint density at radius 3 is 2.40 bits per heavy atom. The van der Waals surface area contributed by atoms with Crippen LogP contribution in [-0.2, 0) is 4.79 Å². The first-order chi connectivity index (χ1) is 12.0. The van der Waals surface area contributed by atoms with Crippen molar-refractivity contribution in [1.82, 2.24) is 10.2 Å². The molecule has 1 aromatic carbocycles. The minimum Gasteiger partial charge on any atom is -0.341 e. The zero-order valence-corrected chi connectivity index (χ0v) is 15.8. The molecule has 6 heteroatoms. The fraction of sp³-hybridized carbons (Fsp3) is 0.579. The molecular weight excluding hydrogens is 338 g/mol. The van der Waals surface area contributed by atoms with Gasteiger partial charge in [0.25, 0.3) is 5.91 Å². The molecule has 2 unspecified atom stereocenters. The topological polar surface area (TPSA) is 75.4 Å². The molecule has 2 amide bonds. The van der Waals surface area contributed by atoms with Crippen LogP contribution in [0.3, 0.4) is 0 Å². The van der Waals surface area contributed by atoms with E-state index in [1.54, 1.807) is 24.3 Å². The fourth-order valence-corrected chi connectivity index (χ4v) is 3.22. The molecule has 0 saturated carbocycles. The van der Waals surface area contributed by atoms with E-state index in [0.717, 1.165) is 19.3 Å². The van der Waals surface area contributed by atoms with E-state index in [2.05, 4.69) is 5.32 Å². The number of rotatable bonds is 6. The standard InChI is InChI=1S/C19H28ClN3O2/c1-3-13(2)17(19(25)23-10-8-14(12-21)9-11-23)22-18(24)15-4-6-16(20)7-5-15/h4-7,13-14,17H,3,8-12,21H2,1-2H3,(H,22,24). The van der Waals surface area contributed by atoms with E-state index in [4.69, 9.17) is 17.3 Å². The molecule has 138 valence electrons. The minimum atomic E-state index is -0.511. The number of nitrogens with two attached hydrogens (primary N) is 1. The summed E-state index contributed by atoms with van der Waals surface area (Å²) in [5.41, 5.74) is 6.23. The number of piperidine rings is 1. The summed E-state index contributed by atoms with van der Waals surface area (Å²) in [4.78, 5) is 27.4. The molecule has 0 bridgehead atoms. The highest BCUT2D eigenvalue weighted by Crippen LogP contribution is 2.19. The number of carbonyl (C=O) groups is 2. The Morgan fingerprint density at radius 1 is 1.28 bits per heavy atom. The Morgan fingerprint density at radius 2 is 1.88 bits per heavy atom. The quantitative estimate of drug-likeness (QED) is 0.813. The molecule has 1 saturated heterocycles. The second kappa shape index (κ2) is 9.20. The highest BCUT2D eigenvalue weighted by Gasteiger charge is 2.32. The van der Waals surface area contributed by atoms with Crippen LogP contribution in [0.5, 0.6) is 0 Å². The summed E-state index contributed by atoms with van der Waals surface area (Å²) in [5, 5.41) is 3.51.